The van der Waals surface area contributed by atoms with Gasteiger partial charge in [0.1, 0.15) is 18.2 Å². The lowest BCUT2D eigenvalue weighted by Crippen LogP contribution is -2.28. The van der Waals surface area contributed by atoms with E-state index >= 15 is 0 Å². The topological polar surface area (TPSA) is 81.7 Å². The van der Waals surface area contributed by atoms with Crippen LogP contribution in [0.1, 0.15) is 15.9 Å². The summed E-state index contributed by atoms with van der Waals surface area (Å²) < 4.78 is 16.3. The maximum Gasteiger partial charge on any atom is 0.251 e. The van der Waals surface area contributed by atoms with E-state index < -0.39 is 0 Å². The second-order valence-corrected chi connectivity index (χ2v) is 6.39. The fraction of sp³-hybridized carbons (Fsp3) is 0.182. The minimum atomic E-state index is -0.171. The van der Waals surface area contributed by atoms with E-state index in [-0.39, 0.29) is 12.7 Å². The van der Waals surface area contributed by atoms with Gasteiger partial charge in [-0.25, -0.2) is 4.98 Å². The average Bonchev–Trinajstić information content (AvgIpc) is 3.24. The molecule has 148 valence electrons. The number of ether oxygens (including phenoxy) is 3. The van der Waals surface area contributed by atoms with E-state index in [1.807, 2.05) is 48.5 Å². The Kier molecular flexibility index (Phi) is 5.76. The zero-order valence-corrected chi connectivity index (χ0v) is 15.8. The van der Waals surface area contributed by atoms with Crippen molar-refractivity contribution in [2.75, 3.05) is 25.3 Å². The smallest absolute Gasteiger partial charge is 0.251 e. The van der Waals surface area contributed by atoms with Crippen molar-refractivity contribution in [1.82, 2.24) is 10.3 Å². The van der Waals surface area contributed by atoms with Crippen LogP contribution in [0, 0.1) is 0 Å². The first-order valence-corrected chi connectivity index (χ1v) is 9.32. The van der Waals surface area contributed by atoms with Gasteiger partial charge in [0.05, 0.1) is 6.54 Å². The predicted molar refractivity (Wildman–Crippen MR) is 108 cm³/mol. The highest BCUT2D eigenvalue weighted by Crippen LogP contribution is 2.32. The highest BCUT2D eigenvalue weighted by molar-refractivity contribution is 5.94. The van der Waals surface area contributed by atoms with Crippen molar-refractivity contribution in [2.24, 2.45) is 0 Å². The van der Waals surface area contributed by atoms with Crippen LogP contribution < -0.4 is 24.8 Å². The molecule has 0 spiro atoms. The number of pyridine rings is 1. The van der Waals surface area contributed by atoms with Crippen LogP contribution in [-0.4, -0.2) is 30.8 Å². The summed E-state index contributed by atoms with van der Waals surface area (Å²) in [4.78, 5) is 16.6. The Balaban J connectivity index is 1.27. The fourth-order valence-corrected chi connectivity index (χ4v) is 2.86. The molecule has 1 aromatic heterocycles. The normalized spacial score (nSPS) is 11.7. The molecule has 2 aromatic carbocycles. The van der Waals surface area contributed by atoms with Crippen molar-refractivity contribution < 1.29 is 19.0 Å². The first-order valence-electron chi connectivity index (χ1n) is 9.32. The third kappa shape index (κ3) is 4.95. The number of amides is 1. The molecule has 0 atom stereocenters. The number of aromatic nitrogens is 1. The number of nitrogens with zero attached hydrogens (tertiary/aromatic N) is 1. The van der Waals surface area contributed by atoms with Gasteiger partial charge in [0.2, 0.25) is 6.79 Å². The molecule has 4 rings (SSSR count). The summed E-state index contributed by atoms with van der Waals surface area (Å²) in [7, 11) is 0. The molecular formula is C22H21N3O4. The molecule has 7 nitrogen and oxygen atoms in total. The number of anilines is 1. The van der Waals surface area contributed by atoms with Crippen LogP contribution in [-0.2, 0) is 6.54 Å². The molecule has 7 heteroatoms. The molecule has 1 amide bonds. The Morgan fingerprint density at radius 1 is 1.03 bits per heavy atom. The molecule has 0 bridgehead atoms. The standard InChI is InChI=1S/C22H21N3O4/c26-22(24-10-11-27-18-4-2-1-3-5-18)17-8-9-23-21(13-17)25-14-16-6-7-19-20(12-16)29-15-28-19/h1-9,12-13H,10-11,14-15H2,(H,23,25)(H,24,26). The molecule has 0 radical (unpaired) electrons. The van der Waals surface area contributed by atoms with Crippen LogP contribution in [0.25, 0.3) is 0 Å². The van der Waals surface area contributed by atoms with Gasteiger partial charge in [-0.2, -0.15) is 0 Å². The number of rotatable bonds is 8. The van der Waals surface area contributed by atoms with E-state index in [0.717, 1.165) is 22.8 Å². The minimum Gasteiger partial charge on any atom is -0.492 e. The van der Waals surface area contributed by atoms with Crippen molar-refractivity contribution in [2.45, 2.75) is 6.54 Å². The van der Waals surface area contributed by atoms with Gasteiger partial charge in [-0.15, -0.1) is 0 Å². The Morgan fingerprint density at radius 2 is 1.90 bits per heavy atom. The number of para-hydroxylation sites is 1. The number of carbonyl (C=O) groups is 1. The molecule has 2 N–H and O–H groups in total. The third-order valence-electron chi connectivity index (χ3n) is 4.33. The third-order valence-corrected chi connectivity index (χ3v) is 4.33. The molecule has 0 saturated carbocycles. The summed E-state index contributed by atoms with van der Waals surface area (Å²) in [5.74, 6) is 2.72. The summed E-state index contributed by atoms with van der Waals surface area (Å²) in [6, 6.07) is 18.7. The van der Waals surface area contributed by atoms with E-state index in [4.69, 9.17) is 14.2 Å². The number of fused-ring (bicyclic) bond motifs is 1. The summed E-state index contributed by atoms with van der Waals surface area (Å²) in [6.45, 7) is 1.62. The monoisotopic (exact) mass is 391 g/mol. The molecule has 0 unspecified atom stereocenters. The van der Waals surface area contributed by atoms with E-state index in [1.165, 1.54) is 0 Å². The number of nitrogens with one attached hydrogen (secondary N) is 2. The Morgan fingerprint density at radius 3 is 2.79 bits per heavy atom. The first kappa shape index (κ1) is 18.6. The molecular weight excluding hydrogens is 370 g/mol. The van der Waals surface area contributed by atoms with Crippen LogP contribution in [0.3, 0.4) is 0 Å². The van der Waals surface area contributed by atoms with Crippen LogP contribution in [0.5, 0.6) is 17.2 Å². The lowest BCUT2D eigenvalue weighted by molar-refractivity contribution is 0.0947. The second kappa shape index (κ2) is 8.97. The van der Waals surface area contributed by atoms with Crippen LogP contribution >= 0.6 is 0 Å². The summed E-state index contributed by atoms with van der Waals surface area (Å²) in [6.07, 6.45) is 1.61. The molecule has 0 fully saturated rings. The van der Waals surface area contributed by atoms with E-state index in [2.05, 4.69) is 15.6 Å². The van der Waals surface area contributed by atoms with Gasteiger partial charge in [0.15, 0.2) is 11.5 Å². The van der Waals surface area contributed by atoms with Crippen molar-refractivity contribution in [1.29, 1.82) is 0 Å². The highest BCUT2D eigenvalue weighted by Gasteiger charge is 2.13. The summed E-state index contributed by atoms with van der Waals surface area (Å²) in [5, 5.41) is 6.07. The lowest BCUT2D eigenvalue weighted by Gasteiger charge is -2.10. The number of hydrogen-bond donors (Lipinski definition) is 2. The van der Waals surface area contributed by atoms with E-state index in [0.29, 0.717) is 31.1 Å². The Bertz CT molecular complexity index is 979. The van der Waals surface area contributed by atoms with Gasteiger partial charge >= 0.3 is 0 Å². The number of carbonyl (C=O) groups excluding carboxylic acids is 1. The predicted octanol–water partition coefficient (Wildman–Crippen LogP) is 3.23. The minimum absolute atomic E-state index is 0.171. The molecule has 29 heavy (non-hydrogen) atoms. The Hall–Kier alpha value is -3.74. The molecule has 0 aliphatic carbocycles. The molecule has 3 aromatic rings. The largest absolute Gasteiger partial charge is 0.492 e. The zero-order chi connectivity index (χ0) is 19.9. The van der Waals surface area contributed by atoms with Gasteiger partial charge in [-0.3, -0.25) is 4.79 Å². The maximum absolute atomic E-state index is 12.4. The van der Waals surface area contributed by atoms with Crippen LogP contribution in [0.4, 0.5) is 5.82 Å². The summed E-state index contributed by atoms with van der Waals surface area (Å²) >= 11 is 0. The first-order chi connectivity index (χ1) is 14.3. The number of hydrogen-bond acceptors (Lipinski definition) is 6. The van der Waals surface area contributed by atoms with Gasteiger partial charge in [-0.05, 0) is 42.0 Å². The van der Waals surface area contributed by atoms with Crippen molar-refractivity contribution in [3.05, 3.63) is 78.0 Å². The maximum atomic E-state index is 12.4. The lowest BCUT2D eigenvalue weighted by atomic mass is 10.2. The molecule has 1 aliphatic heterocycles. The zero-order valence-electron chi connectivity index (χ0n) is 15.8. The quantitative estimate of drug-likeness (QED) is 0.574. The SMILES string of the molecule is O=C(NCCOc1ccccc1)c1ccnc(NCc2ccc3c(c2)OCO3)c1. The Labute approximate surface area is 168 Å². The van der Waals surface area contributed by atoms with E-state index in [1.54, 1.807) is 18.3 Å². The van der Waals surface area contributed by atoms with Gasteiger partial charge in [-0.1, -0.05) is 24.3 Å². The van der Waals surface area contributed by atoms with Gasteiger partial charge < -0.3 is 24.8 Å². The second-order valence-electron chi connectivity index (χ2n) is 6.39. The molecule has 2 heterocycles. The average molecular weight is 391 g/mol. The highest BCUT2D eigenvalue weighted by atomic mass is 16.7. The summed E-state index contributed by atoms with van der Waals surface area (Å²) in [5.41, 5.74) is 1.57. The van der Waals surface area contributed by atoms with E-state index in [9.17, 15) is 4.79 Å². The van der Waals surface area contributed by atoms with Gasteiger partial charge in [0, 0.05) is 18.3 Å². The van der Waals surface area contributed by atoms with Crippen molar-refractivity contribution in [3.8, 4) is 17.2 Å². The van der Waals surface area contributed by atoms with Gasteiger partial charge in [0.25, 0.3) is 5.91 Å². The van der Waals surface area contributed by atoms with Crippen molar-refractivity contribution in [3.63, 3.8) is 0 Å². The van der Waals surface area contributed by atoms with Crippen LogP contribution in [0.15, 0.2) is 66.9 Å². The number of benzene rings is 2. The van der Waals surface area contributed by atoms with Crippen LogP contribution in [0.2, 0.25) is 0 Å². The molecule has 1 aliphatic rings. The molecule has 0 saturated heterocycles. The fourth-order valence-electron chi connectivity index (χ4n) is 2.86. The van der Waals surface area contributed by atoms with Crippen molar-refractivity contribution >= 4 is 11.7 Å².